The van der Waals surface area contributed by atoms with Crippen LogP contribution in [0.1, 0.15) is 30.4 Å². The SMILES string of the molecule is OC(O)CCCc1ccc(-c2ccc(OCCCc3ccccc3)cc2)cc1. The zero-order valence-corrected chi connectivity index (χ0v) is 16.1. The van der Waals surface area contributed by atoms with Crippen LogP contribution in [0, 0.1) is 0 Å². The first-order chi connectivity index (χ1) is 13.7. The second-order valence-corrected chi connectivity index (χ2v) is 7.03. The van der Waals surface area contributed by atoms with Crippen LogP contribution in [0.4, 0.5) is 0 Å². The number of aliphatic hydroxyl groups is 2. The molecule has 0 aliphatic rings. The van der Waals surface area contributed by atoms with Crippen molar-refractivity contribution in [1.29, 1.82) is 0 Å². The Kier molecular flexibility index (Phi) is 7.65. The fraction of sp³-hybridized carbons (Fsp3) is 0.280. The van der Waals surface area contributed by atoms with E-state index in [4.69, 9.17) is 14.9 Å². The number of rotatable bonds is 10. The van der Waals surface area contributed by atoms with Gasteiger partial charge in [-0.25, -0.2) is 0 Å². The molecule has 0 amide bonds. The molecule has 0 aromatic heterocycles. The monoisotopic (exact) mass is 376 g/mol. The van der Waals surface area contributed by atoms with Gasteiger partial charge in [0.05, 0.1) is 6.61 Å². The topological polar surface area (TPSA) is 49.7 Å². The van der Waals surface area contributed by atoms with Gasteiger partial charge in [0.15, 0.2) is 6.29 Å². The van der Waals surface area contributed by atoms with Gasteiger partial charge >= 0.3 is 0 Å². The van der Waals surface area contributed by atoms with Gasteiger partial charge in [0.25, 0.3) is 0 Å². The van der Waals surface area contributed by atoms with Crippen molar-refractivity contribution in [2.45, 2.75) is 38.4 Å². The van der Waals surface area contributed by atoms with Gasteiger partial charge in [-0.05, 0) is 66.5 Å². The minimum atomic E-state index is -1.21. The molecule has 0 fully saturated rings. The predicted molar refractivity (Wildman–Crippen MR) is 113 cm³/mol. The van der Waals surface area contributed by atoms with Crippen molar-refractivity contribution < 1.29 is 14.9 Å². The van der Waals surface area contributed by atoms with Crippen LogP contribution in [-0.4, -0.2) is 23.1 Å². The third-order valence-corrected chi connectivity index (χ3v) is 4.79. The van der Waals surface area contributed by atoms with E-state index in [1.54, 1.807) is 0 Å². The maximum Gasteiger partial charge on any atom is 0.151 e. The first-order valence-corrected chi connectivity index (χ1v) is 9.93. The summed E-state index contributed by atoms with van der Waals surface area (Å²) in [6.07, 6.45) is 2.86. The molecular formula is C25H28O3. The fourth-order valence-electron chi connectivity index (χ4n) is 3.21. The lowest BCUT2D eigenvalue weighted by Gasteiger charge is -2.08. The summed E-state index contributed by atoms with van der Waals surface area (Å²) in [5.41, 5.74) is 4.88. The fourth-order valence-corrected chi connectivity index (χ4v) is 3.21. The first kappa shape index (κ1) is 20.1. The lowest BCUT2D eigenvalue weighted by atomic mass is 10.0. The maximum absolute atomic E-state index is 8.91. The van der Waals surface area contributed by atoms with E-state index in [1.165, 1.54) is 16.7 Å². The molecule has 0 saturated heterocycles. The molecular weight excluding hydrogens is 348 g/mol. The highest BCUT2D eigenvalue weighted by molar-refractivity contribution is 5.64. The highest BCUT2D eigenvalue weighted by Crippen LogP contribution is 2.23. The highest BCUT2D eigenvalue weighted by atomic mass is 16.5. The number of hydrogen-bond donors (Lipinski definition) is 2. The molecule has 28 heavy (non-hydrogen) atoms. The van der Waals surface area contributed by atoms with Crippen LogP contribution in [-0.2, 0) is 12.8 Å². The number of ether oxygens (including phenoxy) is 1. The quantitative estimate of drug-likeness (QED) is 0.387. The summed E-state index contributed by atoms with van der Waals surface area (Å²) < 4.78 is 5.86. The number of hydrogen-bond acceptors (Lipinski definition) is 3. The summed E-state index contributed by atoms with van der Waals surface area (Å²) in [5, 5.41) is 17.8. The summed E-state index contributed by atoms with van der Waals surface area (Å²) in [7, 11) is 0. The molecule has 0 aliphatic carbocycles. The standard InChI is InChI=1S/C25H28O3/c26-25(27)10-4-8-21-11-13-22(14-12-21)23-15-17-24(18-16-23)28-19-5-9-20-6-2-1-3-7-20/h1-3,6-7,11-18,25-27H,4-5,8-10,19H2. The zero-order chi connectivity index (χ0) is 19.6. The molecule has 0 radical (unpaired) electrons. The lowest BCUT2D eigenvalue weighted by molar-refractivity contribution is -0.0461. The Morgan fingerprint density at radius 3 is 1.86 bits per heavy atom. The molecule has 0 saturated carbocycles. The Labute approximate surface area is 167 Å². The molecule has 146 valence electrons. The number of aliphatic hydroxyl groups excluding tert-OH is 1. The Morgan fingerprint density at radius 1 is 0.643 bits per heavy atom. The van der Waals surface area contributed by atoms with Crippen LogP contribution in [0.15, 0.2) is 78.9 Å². The van der Waals surface area contributed by atoms with E-state index in [-0.39, 0.29) is 0 Å². The number of aryl methyl sites for hydroxylation is 2. The van der Waals surface area contributed by atoms with Gasteiger partial charge in [0.2, 0.25) is 0 Å². The van der Waals surface area contributed by atoms with Gasteiger partial charge in [-0.15, -0.1) is 0 Å². The van der Waals surface area contributed by atoms with Gasteiger partial charge in [-0.2, -0.15) is 0 Å². The number of benzene rings is 3. The van der Waals surface area contributed by atoms with Gasteiger partial charge < -0.3 is 14.9 Å². The molecule has 0 heterocycles. The van der Waals surface area contributed by atoms with E-state index < -0.39 is 6.29 Å². The predicted octanol–water partition coefficient (Wildman–Crippen LogP) is 5.00. The summed E-state index contributed by atoms with van der Waals surface area (Å²) in [6, 6.07) is 27.1. The Hall–Kier alpha value is -2.62. The normalized spacial score (nSPS) is 11.0. The lowest BCUT2D eigenvalue weighted by Crippen LogP contribution is -2.03. The highest BCUT2D eigenvalue weighted by Gasteiger charge is 2.02. The molecule has 3 aromatic rings. The summed E-state index contributed by atoms with van der Waals surface area (Å²) in [6.45, 7) is 0.714. The molecule has 0 bridgehead atoms. The molecule has 3 heteroatoms. The van der Waals surface area contributed by atoms with Crippen LogP contribution in [0.5, 0.6) is 5.75 Å². The first-order valence-electron chi connectivity index (χ1n) is 9.93. The van der Waals surface area contributed by atoms with E-state index >= 15 is 0 Å². The zero-order valence-electron chi connectivity index (χ0n) is 16.1. The molecule has 0 atom stereocenters. The molecule has 0 unspecified atom stereocenters. The minimum Gasteiger partial charge on any atom is -0.494 e. The van der Waals surface area contributed by atoms with E-state index in [0.29, 0.717) is 13.0 Å². The van der Waals surface area contributed by atoms with E-state index in [2.05, 4.69) is 60.7 Å². The van der Waals surface area contributed by atoms with Gasteiger partial charge in [0.1, 0.15) is 5.75 Å². The average Bonchev–Trinajstić information content (AvgIpc) is 2.73. The van der Waals surface area contributed by atoms with Crippen molar-refractivity contribution >= 4 is 0 Å². The van der Waals surface area contributed by atoms with E-state index in [1.807, 2.05) is 18.2 Å². The van der Waals surface area contributed by atoms with Crippen molar-refractivity contribution in [3.63, 3.8) is 0 Å². The molecule has 3 rings (SSSR count). The molecule has 3 nitrogen and oxygen atoms in total. The third kappa shape index (κ3) is 6.52. The maximum atomic E-state index is 8.91. The third-order valence-electron chi connectivity index (χ3n) is 4.79. The van der Waals surface area contributed by atoms with Crippen molar-refractivity contribution in [3.8, 4) is 16.9 Å². The van der Waals surface area contributed by atoms with Crippen molar-refractivity contribution in [2.24, 2.45) is 0 Å². The summed E-state index contributed by atoms with van der Waals surface area (Å²) in [5.74, 6) is 0.899. The Morgan fingerprint density at radius 2 is 1.21 bits per heavy atom. The second-order valence-electron chi connectivity index (χ2n) is 7.03. The Balaban J connectivity index is 1.45. The van der Waals surface area contributed by atoms with Gasteiger partial charge in [-0.1, -0.05) is 66.7 Å². The van der Waals surface area contributed by atoms with Crippen LogP contribution >= 0.6 is 0 Å². The molecule has 2 N–H and O–H groups in total. The Bertz CT molecular complexity index is 809. The largest absolute Gasteiger partial charge is 0.494 e. The van der Waals surface area contributed by atoms with Crippen molar-refractivity contribution in [2.75, 3.05) is 6.61 Å². The smallest absolute Gasteiger partial charge is 0.151 e. The minimum absolute atomic E-state index is 0.411. The molecule has 0 aliphatic heterocycles. The summed E-state index contributed by atoms with van der Waals surface area (Å²) >= 11 is 0. The van der Waals surface area contributed by atoms with Gasteiger partial charge in [-0.3, -0.25) is 0 Å². The van der Waals surface area contributed by atoms with Crippen LogP contribution in [0.3, 0.4) is 0 Å². The van der Waals surface area contributed by atoms with E-state index in [0.717, 1.165) is 37.0 Å². The van der Waals surface area contributed by atoms with Gasteiger partial charge in [0, 0.05) is 0 Å². The van der Waals surface area contributed by atoms with E-state index in [9.17, 15) is 0 Å². The van der Waals surface area contributed by atoms with Crippen LogP contribution < -0.4 is 4.74 Å². The average molecular weight is 376 g/mol. The molecule has 3 aromatic carbocycles. The van der Waals surface area contributed by atoms with Crippen LogP contribution in [0.2, 0.25) is 0 Å². The van der Waals surface area contributed by atoms with Crippen molar-refractivity contribution in [1.82, 2.24) is 0 Å². The summed E-state index contributed by atoms with van der Waals surface area (Å²) in [4.78, 5) is 0. The second kappa shape index (κ2) is 10.6. The van der Waals surface area contributed by atoms with Crippen LogP contribution in [0.25, 0.3) is 11.1 Å². The van der Waals surface area contributed by atoms with Crippen molar-refractivity contribution in [3.05, 3.63) is 90.0 Å². The molecule has 0 spiro atoms.